The molecule has 5 nitrogen and oxygen atoms in total. The summed E-state index contributed by atoms with van der Waals surface area (Å²) in [7, 11) is 1.66. The highest BCUT2D eigenvalue weighted by Crippen LogP contribution is 2.08. The van der Waals surface area contributed by atoms with Crippen molar-refractivity contribution in [3.8, 4) is 0 Å². The number of nitrogens with two attached hydrogens (primary N) is 1. The second-order valence-corrected chi connectivity index (χ2v) is 4.33. The molecule has 0 aliphatic heterocycles. The third-order valence-corrected chi connectivity index (χ3v) is 2.81. The van der Waals surface area contributed by atoms with Crippen molar-refractivity contribution in [3.63, 3.8) is 0 Å². The van der Waals surface area contributed by atoms with Crippen molar-refractivity contribution in [2.45, 2.75) is 39.3 Å². The van der Waals surface area contributed by atoms with E-state index >= 15 is 0 Å². The van der Waals surface area contributed by atoms with E-state index < -0.39 is 0 Å². The molecule has 0 amide bonds. The largest absolute Gasteiger partial charge is 0.382 e. The molecule has 1 unspecified atom stereocenters. The predicted octanol–water partition coefficient (Wildman–Crippen LogP) is 0.998. The Balaban J connectivity index is 2.42. The van der Waals surface area contributed by atoms with Crippen LogP contribution in [0.2, 0.25) is 0 Å². The third kappa shape index (κ3) is 4.76. The maximum atomic E-state index is 6.06. The van der Waals surface area contributed by atoms with Crippen LogP contribution in [0.5, 0.6) is 0 Å². The molecular weight excluding hydrogens is 230 g/mol. The number of rotatable bonds is 9. The molecule has 5 heteroatoms. The summed E-state index contributed by atoms with van der Waals surface area (Å²) >= 11 is 0. The van der Waals surface area contributed by atoms with Crippen molar-refractivity contribution in [2.75, 3.05) is 26.9 Å². The van der Waals surface area contributed by atoms with Crippen LogP contribution in [0.4, 0.5) is 0 Å². The van der Waals surface area contributed by atoms with Crippen LogP contribution >= 0.6 is 0 Å². The quantitative estimate of drug-likeness (QED) is 0.669. The maximum Gasteiger partial charge on any atom is 0.0701 e. The van der Waals surface area contributed by atoms with Gasteiger partial charge in [0.05, 0.1) is 25.5 Å². The number of aromatic nitrogens is 2. The lowest BCUT2D eigenvalue weighted by Gasteiger charge is -2.12. The summed E-state index contributed by atoms with van der Waals surface area (Å²) in [4.78, 5) is 0. The van der Waals surface area contributed by atoms with E-state index in [4.69, 9.17) is 15.2 Å². The summed E-state index contributed by atoms with van der Waals surface area (Å²) in [5, 5.41) is 4.51. The van der Waals surface area contributed by atoms with Gasteiger partial charge < -0.3 is 15.2 Å². The molecule has 1 aromatic heterocycles. The van der Waals surface area contributed by atoms with Gasteiger partial charge in [0.25, 0.3) is 0 Å². The highest BCUT2D eigenvalue weighted by Gasteiger charge is 2.10. The van der Waals surface area contributed by atoms with Gasteiger partial charge in [0.2, 0.25) is 0 Å². The van der Waals surface area contributed by atoms with Crippen LogP contribution in [0.1, 0.15) is 25.2 Å². The minimum Gasteiger partial charge on any atom is -0.382 e. The van der Waals surface area contributed by atoms with Crippen LogP contribution < -0.4 is 5.73 Å². The molecule has 0 saturated heterocycles. The van der Waals surface area contributed by atoms with E-state index in [2.05, 4.69) is 25.0 Å². The van der Waals surface area contributed by atoms with Crippen molar-refractivity contribution in [3.05, 3.63) is 17.5 Å². The fourth-order valence-corrected chi connectivity index (χ4v) is 1.83. The zero-order valence-electron chi connectivity index (χ0n) is 11.7. The van der Waals surface area contributed by atoms with E-state index in [1.807, 2.05) is 4.68 Å². The minimum absolute atomic E-state index is 0.00793. The van der Waals surface area contributed by atoms with Gasteiger partial charge in [-0.15, -0.1) is 0 Å². The maximum absolute atomic E-state index is 6.06. The average molecular weight is 255 g/mol. The number of hydrogen-bond donors (Lipinski definition) is 1. The Morgan fingerprint density at radius 2 is 2.17 bits per heavy atom. The third-order valence-electron chi connectivity index (χ3n) is 2.81. The van der Waals surface area contributed by atoms with Gasteiger partial charge in [0.15, 0.2) is 0 Å². The fourth-order valence-electron chi connectivity index (χ4n) is 1.83. The van der Waals surface area contributed by atoms with Gasteiger partial charge in [0.1, 0.15) is 0 Å². The smallest absolute Gasteiger partial charge is 0.0701 e. The Labute approximate surface area is 109 Å². The van der Waals surface area contributed by atoms with E-state index in [-0.39, 0.29) is 6.04 Å². The van der Waals surface area contributed by atoms with E-state index in [9.17, 15) is 0 Å². The zero-order valence-corrected chi connectivity index (χ0v) is 11.7. The summed E-state index contributed by atoms with van der Waals surface area (Å²) in [5.74, 6) is 0. The van der Waals surface area contributed by atoms with Crippen molar-refractivity contribution >= 4 is 0 Å². The Morgan fingerprint density at radius 3 is 2.78 bits per heavy atom. The zero-order chi connectivity index (χ0) is 13.4. The van der Waals surface area contributed by atoms with Gasteiger partial charge in [-0.25, -0.2) is 0 Å². The molecular formula is C13H25N3O2. The first-order valence-electron chi connectivity index (χ1n) is 6.59. The molecule has 0 fully saturated rings. The van der Waals surface area contributed by atoms with Crippen molar-refractivity contribution in [2.24, 2.45) is 5.73 Å². The van der Waals surface area contributed by atoms with Crippen molar-refractivity contribution in [1.29, 1.82) is 0 Å². The number of aryl methyl sites for hydroxylation is 2. The summed E-state index contributed by atoms with van der Waals surface area (Å²) in [5.41, 5.74) is 8.37. The van der Waals surface area contributed by atoms with Crippen LogP contribution in [-0.2, 0) is 28.9 Å². The highest BCUT2D eigenvalue weighted by molar-refractivity contribution is 5.11. The molecule has 2 N–H and O–H groups in total. The van der Waals surface area contributed by atoms with Gasteiger partial charge in [-0.2, -0.15) is 5.10 Å². The van der Waals surface area contributed by atoms with Crippen LogP contribution in [0, 0.1) is 0 Å². The van der Waals surface area contributed by atoms with Crippen molar-refractivity contribution in [1.82, 2.24) is 9.78 Å². The average Bonchev–Trinajstić information content (AvgIpc) is 2.77. The molecule has 0 saturated carbocycles. The summed E-state index contributed by atoms with van der Waals surface area (Å²) < 4.78 is 12.4. The van der Waals surface area contributed by atoms with E-state index in [0.717, 1.165) is 25.1 Å². The van der Waals surface area contributed by atoms with Crippen LogP contribution in [0.3, 0.4) is 0 Å². The molecule has 0 bridgehead atoms. The summed E-state index contributed by atoms with van der Waals surface area (Å²) in [6.45, 7) is 6.85. The lowest BCUT2D eigenvalue weighted by molar-refractivity contribution is 0.0635. The summed E-state index contributed by atoms with van der Waals surface area (Å²) in [6.07, 6.45) is 1.76. The van der Waals surface area contributed by atoms with Crippen LogP contribution in [0.15, 0.2) is 6.07 Å². The number of nitrogens with zero attached hydrogens (tertiary/aromatic N) is 2. The minimum atomic E-state index is 0.00793. The molecule has 0 aliphatic carbocycles. The molecule has 0 spiro atoms. The molecule has 0 aromatic carbocycles. The second kappa shape index (κ2) is 8.24. The fraction of sp³-hybridized carbons (Fsp3) is 0.769. The molecule has 0 aliphatic rings. The van der Waals surface area contributed by atoms with Gasteiger partial charge in [-0.3, -0.25) is 4.68 Å². The highest BCUT2D eigenvalue weighted by atomic mass is 16.5. The van der Waals surface area contributed by atoms with Crippen LogP contribution in [0.25, 0.3) is 0 Å². The molecule has 1 heterocycles. The first kappa shape index (κ1) is 15.1. The first-order valence-corrected chi connectivity index (χ1v) is 6.59. The van der Waals surface area contributed by atoms with E-state index in [0.29, 0.717) is 19.8 Å². The first-order chi connectivity index (χ1) is 8.71. The number of methoxy groups -OCH3 is 1. The molecule has 1 aromatic rings. The molecule has 0 radical (unpaired) electrons. The van der Waals surface area contributed by atoms with Gasteiger partial charge in [0, 0.05) is 31.8 Å². The van der Waals surface area contributed by atoms with Gasteiger partial charge in [-0.1, -0.05) is 6.92 Å². The lowest BCUT2D eigenvalue weighted by Crippen LogP contribution is -2.30. The Hall–Kier alpha value is -0.910. The monoisotopic (exact) mass is 255 g/mol. The van der Waals surface area contributed by atoms with Crippen molar-refractivity contribution < 1.29 is 9.47 Å². The lowest BCUT2D eigenvalue weighted by atomic mass is 10.1. The Bertz CT molecular complexity index is 339. The van der Waals surface area contributed by atoms with E-state index in [1.165, 1.54) is 5.69 Å². The molecule has 104 valence electrons. The molecule has 18 heavy (non-hydrogen) atoms. The molecule has 1 atom stereocenters. The molecule has 1 rings (SSSR count). The topological polar surface area (TPSA) is 62.3 Å². The van der Waals surface area contributed by atoms with Gasteiger partial charge >= 0.3 is 0 Å². The Morgan fingerprint density at radius 1 is 1.39 bits per heavy atom. The van der Waals surface area contributed by atoms with E-state index in [1.54, 1.807) is 7.11 Å². The predicted molar refractivity (Wildman–Crippen MR) is 71.7 cm³/mol. The van der Waals surface area contributed by atoms with Crippen LogP contribution in [-0.4, -0.2) is 42.8 Å². The SMILES string of the molecule is CCc1cc(CC(N)COCCOC)n(CC)n1. The second-order valence-electron chi connectivity index (χ2n) is 4.33. The Kier molecular flexibility index (Phi) is 6.93. The number of ether oxygens (including phenoxy) is 2. The summed E-state index contributed by atoms with van der Waals surface area (Å²) in [6, 6.07) is 2.15. The number of hydrogen-bond acceptors (Lipinski definition) is 4. The normalized spacial score (nSPS) is 12.9. The standard InChI is InChI=1S/C13H25N3O2/c1-4-12-9-13(16(5-2)15-12)8-11(14)10-18-7-6-17-3/h9,11H,4-8,10,14H2,1-3H3. The van der Waals surface area contributed by atoms with Gasteiger partial charge in [-0.05, 0) is 19.4 Å².